The summed E-state index contributed by atoms with van der Waals surface area (Å²) in [6.07, 6.45) is 3.86. The van der Waals surface area contributed by atoms with Gasteiger partial charge in [0.05, 0.1) is 5.25 Å². The first kappa shape index (κ1) is 14.5. The van der Waals surface area contributed by atoms with Crippen molar-refractivity contribution < 1.29 is 4.79 Å². The van der Waals surface area contributed by atoms with Crippen LogP contribution in [0.3, 0.4) is 0 Å². The van der Waals surface area contributed by atoms with Crippen molar-refractivity contribution in [3.63, 3.8) is 0 Å². The molecule has 0 spiro atoms. The van der Waals surface area contributed by atoms with Gasteiger partial charge >= 0.3 is 0 Å². The fourth-order valence-corrected chi connectivity index (χ4v) is 4.42. The number of hydrogen-bond acceptors (Lipinski definition) is 6. The monoisotopic (exact) mass is 319 g/mol. The van der Waals surface area contributed by atoms with Gasteiger partial charge in [0.2, 0.25) is 5.13 Å². The van der Waals surface area contributed by atoms with Crippen LogP contribution in [0, 0.1) is 0 Å². The van der Waals surface area contributed by atoms with Crippen LogP contribution >= 0.6 is 23.1 Å². The first-order valence-corrected chi connectivity index (χ1v) is 8.81. The Labute approximate surface area is 132 Å². The molecule has 1 fully saturated rings. The van der Waals surface area contributed by atoms with Gasteiger partial charge in [-0.25, -0.2) is 0 Å². The molecule has 110 valence electrons. The summed E-state index contributed by atoms with van der Waals surface area (Å²) >= 11 is 3.10. The third-order valence-corrected chi connectivity index (χ3v) is 5.72. The summed E-state index contributed by atoms with van der Waals surface area (Å²) in [5.74, 6) is 0.361. The van der Waals surface area contributed by atoms with Crippen LogP contribution in [0.1, 0.15) is 31.2 Å². The largest absolute Gasteiger partial charge is 0.356 e. The van der Waals surface area contributed by atoms with Crippen LogP contribution in [0.2, 0.25) is 0 Å². The molecule has 1 aliphatic carbocycles. The van der Waals surface area contributed by atoms with Gasteiger partial charge in [-0.1, -0.05) is 59.9 Å². The van der Waals surface area contributed by atoms with Crippen molar-refractivity contribution in [1.82, 2.24) is 10.2 Å². The third-order valence-electron chi connectivity index (χ3n) is 3.43. The molecular formula is C15H17N3OS2. The maximum atomic E-state index is 11.8. The molecule has 0 amide bonds. The SMILES string of the molecule is O=C1CCCC[C@@H]1Sc1nnc(NCc2ccccc2)s1. The highest BCUT2D eigenvalue weighted by Crippen LogP contribution is 2.34. The topological polar surface area (TPSA) is 54.9 Å². The van der Waals surface area contributed by atoms with E-state index in [1.807, 2.05) is 18.2 Å². The normalized spacial score (nSPS) is 18.7. The highest BCUT2D eigenvalue weighted by molar-refractivity contribution is 8.02. The zero-order valence-electron chi connectivity index (χ0n) is 11.6. The number of carbonyl (C=O) groups excluding carboxylic acids is 1. The molecule has 0 aliphatic heterocycles. The van der Waals surface area contributed by atoms with E-state index in [0.717, 1.165) is 41.7 Å². The third kappa shape index (κ3) is 4.04. The lowest BCUT2D eigenvalue weighted by Crippen LogP contribution is -2.21. The predicted octanol–water partition coefficient (Wildman–Crippen LogP) is 3.75. The van der Waals surface area contributed by atoms with Crippen LogP contribution < -0.4 is 5.32 Å². The minimum absolute atomic E-state index is 0.0775. The van der Waals surface area contributed by atoms with E-state index in [4.69, 9.17) is 0 Å². The van der Waals surface area contributed by atoms with Gasteiger partial charge in [0.15, 0.2) is 4.34 Å². The average molecular weight is 319 g/mol. The fraction of sp³-hybridized carbons (Fsp3) is 0.400. The Morgan fingerprint density at radius 2 is 2.10 bits per heavy atom. The summed E-state index contributed by atoms with van der Waals surface area (Å²) in [7, 11) is 0. The van der Waals surface area contributed by atoms with Crippen molar-refractivity contribution >= 4 is 34.0 Å². The summed E-state index contributed by atoms with van der Waals surface area (Å²) < 4.78 is 0.880. The molecule has 1 atom stereocenters. The standard InChI is InChI=1S/C15H17N3OS2/c19-12-8-4-5-9-13(12)20-15-18-17-14(21-15)16-10-11-6-2-1-3-7-11/h1-3,6-7,13H,4-5,8-10H2,(H,16,17)/t13-/m0/s1. The smallest absolute Gasteiger partial charge is 0.206 e. The van der Waals surface area contributed by atoms with Gasteiger partial charge in [-0.15, -0.1) is 10.2 Å². The number of aromatic nitrogens is 2. The molecule has 3 rings (SSSR count). The average Bonchev–Trinajstić information content (AvgIpc) is 2.96. The van der Waals surface area contributed by atoms with Gasteiger partial charge in [0.25, 0.3) is 0 Å². The number of Topliss-reactive ketones (excluding diaryl/α,β-unsaturated/α-hetero) is 1. The van der Waals surface area contributed by atoms with E-state index in [1.165, 1.54) is 16.9 Å². The summed E-state index contributed by atoms with van der Waals surface area (Å²) in [6, 6.07) is 10.2. The summed E-state index contributed by atoms with van der Waals surface area (Å²) in [5.41, 5.74) is 1.21. The number of carbonyl (C=O) groups is 1. The van der Waals surface area contributed by atoms with Crippen molar-refractivity contribution in [3.05, 3.63) is 35.9 Å². The Hall–Kier alpha value is -1.40. The van der Waals surface area contributed by atoms with E-state index in [0.29, 0.717) is 5.78 Å². The van der Waals surface area contributed by atoms with Crippen molar-refractivity contribution in [2.24, 2.45) is 0 Å². The second-order valence-corrected chi connectivity index (χ2v) is 7.46. The van der Waals surface area contributed by atoms with E-state index in [1.54, 1.807) is 11.8 Å². The molecule has 1 aliphatic rings. The summed E-state index contributed by atoms with van der Waals surface area (Å²) in [4.78, 5) is 11.8. The molecule has 0 saturated heterocycles. The zero-order valence-corrected chi connectivity index (χ0v) is 13.3. The lowest BCUT2D eigenvalue weighted by atomic mass is 9.99. The Bertz CT molecular complexity index is 600. The van der Waals surface area contributed by atoms with Crippen molar-refractivity contribution in [2.75, 3.05) is 5.32 Å². The van der Waals surface area contributed by atoms with E-state index in [9.17, 15) is 4.79 Å². The predicted molar refractivity (Wildman–Crippen MR) is 86.8 cm³/mol. The summed E-state index contributed by atoms with van der Waals surface area (Å²) in [6.45, 7) is 0.739. The van der Waals surface area contributed by atoms with Gasteiger partial charge in [0, 0.05) is 13.0 Å². The molecule has 4 nitrogen and oxygen atoms in total. The second-order valence-electron chi connectivity index (χ2n) is 5.03. The highest BCUT2D eigenvalue weighted by atomic mass is 32.2. The van der Waals surface area contributed by atoms with Gasteiger partial charge in [0.1, 0.15) is 5.78 Å². The van der Waals surface area contributed by atoms with E-state index in [2.05, 4.69) is 27.6 Å². The minimum Gasteiger partial charge on any atom is -0.356 e. The van der Waals surface area contributed by atoms with Crippen molar-refractivity contribution in [2.45, 2.75) is 41.8 Å². The molecule has 1 heterocycles. The van der Waals surface area contributed by atoms with Gasteiger partial charge in [-0.2, -0.15) is 0 Å². The Morgan fingerprint density at radius 3 is 2.90 bits per heavy atom. The highest BCUT2D eigenvalue weighted by Gasteiger charge is 2.24. The first-order chi connectivity index (χ1) is 10.3. The van der Waals surface area contributed by atoms with Gasteiger partial charge in [-0.3, -0.25) is 4.79 Å². The molecule has 1 saturated carbocycles. The second kappa shape index (κ2) is 7.04. The fourth-order valence-electron chi connectivity index (χ4n) is 2.30. The number of thioether (sulfide) groups is 1. The van der Waals surface area contributed by atoms with Crippen LogP contribution in [0.4, 0.5) is 5.13 Å². The maximum Gasteiger partial charge on any atom is 0.206 e. The molecule has 6 heteroatoms. The molecule has 1 aromatic carbocycles. The van der Waals surface area contributed by atoms with Crippen molar-refractivity contribution in [3.8, 4) is 0 Å². The van der Waals surface area contributed by atoms with Gasteiger partial charge < -0.3 is 5.32 Å². The van der Waals surface area contributed by atoms with E-state index >= 15 is 0 Å². The summed E-state index contributed by atoms with van der Waals surface area (Å²) in [5, 5.41) is 12.5. The number of rotatable bonds is 5. The Morgan fingerprint density at radius 1 is 1.24 bits per heavy atom. The number of ketones is 1. The Balaban J connectivity index is 1.55. The lowest BCUT2D eigenvalue weighted by Gasteiger charge is -2.17. The molecular weight excluding hydrogens is 302 g/mol. The van der Waals surface area contributed by atoms with E-state index in [-0.39, 0.29) is 5.25 Å². The molecule has 21 heavy (non-hydrogen) atoms. The number of anilines is 1. The number of benzene rings is 1. The van der Waals surface area contributed by atoms with Crippen LogP contribution in [0.25, 0.3) is 0 Å². The number of nitrogens with zero attached hydrogens (tertiary/aromatic N) is 2. The van der Waals surface area contributed by atoms with Crippen LogP contribution in [-0.4, -0.2) is 21.2 Å². The molecule has 0 radical (unpaired) electrons. The minimum atomic E-state index is 0.0775. The molecule has 0 bridgehead atoms. The molecule has 1 aromatic heterocycles. The van der Waals surface area contributed by atoms with Crippen LogP contribution in [0.15, 0.2) is 34.7 Å². The van der Waals surface area contributed by atoms with Gasteiger partial charge in [-0.05, 0) is 18.4 Å². The van der Waals surface area contributed by atoms with Crippen LogP contribution in [0.5, 0.6) is 0 Å². The first-order valence-electron chi connectivity index (χ1n) is 7.12. The quantitative estimate of drug-likeness (QED) is 0.909. The number of nitrogens with one attached hydrogen (secondary N) is 1. The lowest BCUT2D eigenvalue weighted by molar-refractivity contribution is -0.119. The maximum absolute atomic E-state index is 11.8. The molecule has 0 unspecified atom stereocenters. The zero-order chi connectivity index (χ0) is 14.5. The van der Waals surface area contributed by atoms with Crippen LogP contribution in [-0.2, 0) is 11.3 Å². The molecule has 2 aromatic rings. The van der Waals surface area contributed by atoms with E-state index < -0.39 is 0 Å². The molecule has 1 N–H and O–H groups in total. The van der Waals surface area contributed by atoms with Crippen molar-refractivity contribution in [1.29, 1.82) is 0 Å². The Kier molecular flexibility index (Phi) is 4.87. The number of hydrogen-bond donors (Lipinski definition) is 1.